The van der Waals surface area contributed by atoms with E-state index in [1.165, 1.54) is 0 Å². The molecular weight excluding hydrogens is 408 g/mol. The molecule has 0 fully saturated rings. The molecule has 7 aromatic carbocycles. The van der Waals surface area contributed by atoms with Crippen LogP contribution in [-0.2, 0) is 0 Å². The number of fused-ring (bicyclic) bond motifs is 4. The first-order chi connectivity index (χ1) is 22.7. The molecule has 0 saturated heterocycles. The summed E-state index contributed by atoms with van der Waals surface area (Å²) in [5, 5.41) is 0.901. The van der Waals surface area contributed by atoms with Crippen LogP contribution in [0.2, 0.25) is 0 Å². The SMILES string of the molecule is [2H]c1c([2H])c([2H])c2c([2H])c(-c3c4ccccc4c(-c4c([2H])c([2H])c5c([2H])c([2H])c([2H])c([2H])c5c4[2H])c4ccccc34)c([2H])c([2H])c2c1[2H]. The maximum Gasteiger partial charge on any atom is 0.0636 e. The molecule has 7 aromatic rings. The van der Waals surface area contributed by atoms with Crippen LogP contribution >= 0.6 is 0 Å². The summed E-state index contributed by atoms with van der Waals surface area (Å²) in [7, 11) is 0. The molecule has 0 bridgehead atoms. The van der Waals surface area contributed by atoms with Crippen LogP contribution in [0.5, 0.6) is 0 Å². The zero-order valence-corrected chi connectivity index (χ0v) is 17.6. The molecule has 0 amide bonds. The van der Waals surface area contributed by atoms with Gasteiger partial charge >= 0.3 is 0 Å². The van der Waals surface area contributed by atoms with E-state index in [-0.39, 0.29) is 44.8 Å². The van der Waals surface area contributed by atoms with Crippen LogP contribution in [0, 0.1) is 0 Å². The Labute approximate surface area is 218 Å². The monoisotopic (exact) mass is 444 g/mol. The zero-order chi connectivity index (χ0) is 34.7. The van der Waals surface area contributed by atoms with Gasteiger partial charge in [0.15, 0.2) is 0 Å². The van der Waals surface area contributed by atoms with Gasteiger partial charge in [0.05, 0.1) is 19.2 Å². The van der Waals surface area contributed by atoms with Gasteiger partial charge < -0.3 is 0 Å². The molecular formula is C34H22. The fourth-order valence-corrected chi connectivity index (χ4v) is 4.48. The van der Waals surface area contributed by atoms with E-state index in [0.29, 0.717) is 32.7 Å². The smallest absolute Gasteiger partial charge is 0.0616 e. The summed E-state index contributed by atoms with van der Waals surface area (Å²) in [5.74, 6) is 0. The quantitative estimate of drug-likeness (QED) is 0.233. The van der Waals surface area contributed by atoms with Crippen molar-refractivity contribution >= 4 is 43.1 Å². The van der Waals surface area contributed by atoms with E-state index >= 15 is 0 Å². The van der Waals surface area contributed by atoms with Crippen molar-refractivity contribution in [3.8, 4) is 22.3 Å². The molecule has 0 N–H and O–H groups in total. The Kier molecular flexibility index (Phi) is 2.19. The van der Waals surface area contributed by atoms with Crippen LogP contribution in [0.4, 0.5) is 0 Å². The molecule has 0 aromatic heterocycles. The molecule has 0 saturated carbocycles. The first kappa shape index (κ1) is 9.83. The molecule has 158 valence electrons. The second-order valence-electron chi connectivity index (χ2n) is 7.84. The summed E-state index contributed by atoms with van der Waals surface area (Å²) in [4.78, 5) is 0. The van der Waals surface area contributed by atoms with Crippen LogP contribution < -0.4 is 0 Å². The van der Waals surface area contributed by atoms with Crippen LogP contribution in [0.25, 0.3) is 65.3 Å². The molecule has 0 heteroatoms. The molecule has 34 heavy (non-hydrogen) atoms. The Morgan fingerprint density at radius 3 is 1.12 bits per heavy atom. The largest absolute Gasteiger partial charge is 0.0636 e. The van der Waals surface area contributed by atoms with E-state index in [0.717, 1.165) is 0 Å². The topological polar surface area (TPSA) is 0 Å². The molecule has 7 rings (SSSR count). The lowest BCUT2D eigenvalue weighted by Crippen LogP contribution is -1.91. The van der Waals surface area contributed by atoms with Crippen LogP contribution in [-0.4, -0.2) is 0 Å². The van der Waals surface area contributed by atoms with E-state index in [1.54, 1.807) is 48.5 Å². The normalized spacial score (nSPS) is 17.3. The molecule has 0 nitrogen and oxygen atoms in total. The molecule has 0 unspecified atom stereocenters. The lowest BCUT2D eigenvalue weighted by atomic mass is 9.85. The van der Waals surface area contributed by atoms with Gasteiger partial charge in [-0.05, 0) is 77.4 Å². The Morgan fingerprint density at radius 2 is 0.735 bits per heavy atom. The fraction of sp³-hybridized carbons (Fsp3) is 0. The molecule has 0 atom stereocenters. The van der Waals surface area contributed by atoms with E-state index in [2.05, 4.69) is 0 Å². The lowest BCUT2D eigenvalue weighted by molar-refractivity contribution is 1.68. The first-order valence-corrected chi connectivity index (χ1v) is 10.7. The van der Waals surface area contributed by atoms with Crippen molar-refractivity contribution in [2.75, 3.05) is 0 Å². The van der Waals surface area contributed by atoms with Gasteiger partial charge in [-0.2, -0.15) is 0 Å². The predicted octanol–water partition coefficient (Wildman–Crippen LogP) is 9.63. The summed E-state index contributed by atoms with van der Waals surface area (Å²) in [5.41, 5.74) is 0.578. The van der Waals surface area contributed by atoms with Gasteiger partial charge in [-0.1, -0.05) is 121 Å². The van der Waals surface area contributed by atoms with Crippen LogP contribution in [0.3, 0.4) is 0 Å². The Bertz CT molecular complexity index is 2370. The van der Waals surface area contributed by atoms with Crippen molar-refractivity contribution < 1.29 is 19.2 Å². The van der Waals surface area contributed by atoms with Crippen LogP contribution in [0.15, 0.2) is 133 Å². The third kappa shape index (κ3) is 2.93. The van der Waals surface area contributed by atoms with Crippen molar-refractivity contribution in [2.45, 2.75) is 0 Å². The van der Waals surface area contributed by atoms with Gasteiger partial charge in [0.25, 0.3) is 0 Å². The van der Waals surface area contributed by atoms with Gasteiger partial charge in [-0.3, -0.25) is 0 Å². The minimum atomic E-state index is -0.570. The van der Waals surface area contributed by atoms with E-state index < -0.39 is 72.5 Å². The number of hydrogen-bond donors (Lipinski definition) is 0. The second-order valence-corrected chi connectivity index (χ2v) is 7.84. The number of rotatable bonds is 2. The number of benzene rings is 7. The fourth-order valence-electron chi connectivity index (χ4n) is 4.48. The average Bonchev–Trinajstić information content (AvgIpc) is 3.08. The molecule has 0 aliphatic carbocycles. The van der Waals surface area contributed by atoms with E-state index in [1.807, 2.05) is 0 Å². The Balaban J connectivity index is 1.72. The Morgan fingerprint density at radius 1 is 0.382 bits per heavy atom. The van der Waals surface area contributed by atoms with Gasteiger partial charge in [0, 0.05) is 0 Å². The maximum absolute atomic E-state index is 9.25. The van der Waals surface area contributed by atoms with Gasteiger partial charge in [0.1, 0.15) is 0 Å². The third-order valence-corrected chi connectivity index (χ3v) is 5.93. The predicted molar refractivity (Wildman–Crippen MR) is 147 cm³/mol. The van der Waals surface area contributed by atoms with Crippen molar-refractivity contribution in [2.24, 2.45) is 0 Å². The van der Waals surface area contributed by atoms with Crippen LogP contribution in [0.1, 0.15) is 19.2 Å². The highest BCUT2D eigenvalue weighted by Gasteiger charge is 2.16. The van der Waals surface area contributed by atoms with Crippen molar-refractivity contribution in [3.05, 3.63) is 133 Å². The summed E-state index contributed by atoms with van der Waals surface area (Å²) in [6.07, 6.45) is 0. The molecule has 0 heterocycles. The highest BCUT2D eigenvalue weighted by Crippen LogP contribution is 2.44. The first-order valence-electron chi connectivity index (χ1n) is 17.7. The van der Waals surface area contributed by atoms with E-state index in [4.69, 9.17) is 16.4 Å². The standard InChI is InChI=1S/C34H22/c1-3-11-25-21-27(19-17-23(25)9-1)33-29-13-5-7-15-31(29)34(32-16-8-6-14-30(32)33)28-20-18-24-10-2-4-12-26(24)22-28/h1-22H/i1D,2D,3D,4D,9D,10D,11D,12D,17D,18D,19D,20D,21D,22D. The highest BCUT2D eigenvalue weighted by atomic mass is 14.2. The van der Waals surface area contributed by atoms with E-state index in [9.17, 15) is 2.74 Å². The highest BCUT2D eigenvalue weighted by molar-refractivity contribution is 6.22. The molecule has 0 spiro atoms. The molecule has 0 aliphatic rings. The van der Waals surface area contributed by atoms with Gasteiger partial charge in [0.2, 0.25) is 0 Å². The number of hydrogen-bond acceptors (Lipinski definition) is 0. The minimum Gasteiger partial charge on any atom is -0.0616 e. The third-order valence-electron chi connectivity index (χ3n) is 5.93. The summed E-state index contributed by atoms with van der Waals surface area (Å²) >= 11 is 0. The summed E-state index contributed by atoms with van der Waals surface area (Å²) < 4.78 is 121. The Hall–Kier alpha value is -4.42. The second kappa shape index (κ2) is 7.57. The van der Waals surface area contributed by atoms with Gasteiger partial charge in [-0.25, -0.2) is 0 Å². The summed E-state index contributed by atoms with van der Waals surface area (Å²) in [6.45, 7) is 0. The van der Waals surface area contributed by atoms with Gasteiger partial charge in [-0.15, -0.1) is 0 Å². The zero-order valence-electron chi connectivity index (χ0n) is 31.6. The van der Waals surface area contributed by atoms with Crippen molar-refractivity contribution in [1.29, 1.82) is 0 Å². The molecule has 0 aliphatic heterocycles. The van der Waals surface area contributed by atoms with Crippen molar-refractivity contribution in [3.63, 3.8) is 0 Å². The maximum atomic E-state index is 9.25. The average molecular weight is 445 g/mol. The lowest BCUT2D eigenvalue weighted by Gasteiger charge is -2.18. The minimum absolute atomic E-state index is 0.0394. The molecule has 0 radical (unpaired) electrons. The van der Waals surface area contributed by atoms with Crippen molar-refractivity contribution in [1.82, 2.24) is 0 Å². The summed E-state index contributed by atoms with van der Waals surface area (Å²) in [6, 6.07) is 6.85.